The molecular weight excluding hydrogens is 280 g/mol. The number of ether oxygens (including phenoxy) is 1. The zero-order valence-electron chi connectivity index (χ0n) is 15.6. The van der Waals surface area contributed by atoms with Crippen molar-refractivity contribution in [3.63, 3.8) is 0 Å². The Labute approximate surface area is 145 Å². The maximum absolute atomic E-state index is 6.12. The molecule has 0 amide bonds. The predicted octanol–water partition coefficient (Wildman–Crippen LogP) is 6.91. The normalized spacial score (nSPS) is 31.9. The number of allylic oxidation sites excluding steroid dienone is 1. The molecule has 2 rings (SSSR count). The summed E-state index contributed by atoms with van der Waals surface area (Å²) in [5, 5.41) is 0. The average molecular weight is 321 g/mol. The second-order valence-corrected chi connectivity index (χ2v) is 8.12. The molecular formula is C22H40O. The van der Waals surface area contributed by atoms with E-state index in [1.54, 1.807) is 0 Å². The molecule has 2 fully saturated rings. The van der Waals surface area contributed by atoms with Crippen molar-refractivity contribution < 1.29 is 4.74 Å². The Morgan fingerprint density at radius 1 is 0.870 bits per heavy atom. The molecule has 134 valence electrons. The summed E-state index contributed by atoms with van der Waals surface area (Å²) >= 11 is 0. The van der Waals surface area contributed by atoms with Crippen molar-refractivity contribution in [1.29, 1.82) is 0 Å². The first kappa shape index (κ1) is 19.0. The summed E-state index contributed by atoms with van der Waals surface area (Å²) in [6.07, 6.45) is 22.0. The molecule has 0 aromatic rings. The van der Waals surface area contributed by atoms with Gasteiger partial charge in [-0.05, 0) is 75.5 Å². The number of rotatable bonds is 10. The van der Waals surface area contributed by atoms with Crippen molar-refractivity contribution >= 4 is 0 Å². The molecule has 2 aliphatic rings. The monoisotopic (exact) mass is 320 g/mol. The van der Waals surface area contributed by atoms with Gasteiger partial charge >= 0.3 is 0 Å². The molecule has 1 heteroatoms. The summed E-state index contributed by atoms with van der Waals surface area (Å²) in [6.45, 7) is 7.14. The lowest BCUT2D eigenvalue weighted by Crippen LogP contribution is -2.28. The van der Waals surface area contributed by atoms with Gasteiger partial charge in [0.15, 0.2) is 0 Å². The van der Waals surface area contributed by atoms with E-state index in [0.29, 0.717) is 6.10 Å². The van der Waals surface area contributed by atoms with Crippen molar-refractivity contribution in [2.45, 2.75) is 103 Å². The van der Waals surface area contributed by atoms with Crippen LogP contribution in [0.15, 0.2) is 12.7 Å². The van der Waals surface area contributed by atoms with Gasteiger partial charge in [-0.1, -0.05) is 45.1 Å². The number of unbranched alkanes of at least 4 members (excludes halogenated alkanes) is 3. The van der Waals surface area contributed by atoms with Gasteiger partial charge in [0.25, 0.3) is 0 Å². The molecule has 0 unspecified atom stereocenters. The molecule has 0 radical (unpaired) electrons. The second-order valence-electron chi connectivity index (χ2n) is 8.12. The Morgan fingerprint density at radius 3 is 2.13 bits per heavy atom. The summed E-state index contributed by atoms with van der Waals surface area (Å²) in [7, 11) is 0. The van der Waals surface area contributed by atoms with Crippen LogP contribution in [0.25, 0.3) is 0 Å². The fourth-order valence-corrected chi connectivity index (χ4v) is 4.81. The van der Waals surface area contributed by atoms with Crippen LogP contribution in [-0.4, -0.2) is 12.7 Å². The molecule has 2 saturated carbocycles. The third kappa shape index (κ3) is 6.99. The largest absolute Gasteiger partial charge is 0.378 e. The van der Waals surface area contributed by atoms with Gasteiger partial charge in [-0.25, -0.2) is 0 Å². The molecule has 0 atom stereocenters. The fourth-order valence-electron chi connectivity index (χ4n) is 4.81. The van der Waals surface area contributed by atoms with Gasteiger partial charge < -0.3 is 4.74 Å². The zero-order valence-corrected chi connectivity index (χ0v) is 15.6. The Hall–Kier alpha value is -0.300. The minimum absolute atomic E-state index is 0.580. The first-order chi connectivity index (χ1) is 11.3. The van der Waals surface area contributed by atoms with Crippen molar-refractivity contribution in [3.05, 3.63) is 12.7 Å². The molecule has 0 aromatic carbocycles. The summed E-state index contributed by atoms with van der Waals surface area (Å²) in [4.78, 5) is 0. The summed E-state index contributed by atoms with van der Waals surface area (Å²) < 4.78 is 6.12. The highest BCUT2D eigenvalue weighted by molar-refractivity contribution is 4.83. The molecule has 0 saturated heterocycles. The van der Waals surface area contributed by atoms with E-state index in [4.69, 9.17) is 4.74 Å². The third-order valence-electron chi connectivity index (χ3n) is 6.41. The lowest BCUT2D eigenvalue weighted by atomic mass is 9.70. The Morgan fingerprint density at radius 2 is 1.52 bits per heavy atom. The molecule has 0 spiro atoms. The van der Waals surface area contributed by atoms with E-state index in [1.807, 2.05) is 0 Å². The zero-order chi connectivity index (χ0) is 16.3. The highest BCUT2D eigenvalue weighted by Gasteiger charge is 2.30. The van der Waals surface area contributed by atoms with Crippen molar-refractivity contribution in [3.8, 4) is 0 Å². The summed E-state index contributed by atoms with van der Waals surface area (Å²) in [5.74, 6) is 3.03. The van der Waals surface area contributed by atoms with E-state index < -0.39 is 0 Å². The minimum Gasteiger partial charge on any atom is -0.378 e. The standard InChI is InChI=1S/C22H40O/c1-3-5-7-8-18-23-22-16-14-21(15-17-22)20-12-10-19(11-13-20)9-6-4-2/h4,19-22H,2-3,5-18H2,1H3. The van der Waals surface area contributed by atoms with Crippen LogP contribution >= 0.6 is 0 Å². The number of hydrogen-bond acceptors (Lipinski definition) is 1. The highest BCUT2D eigenvalue weighted by atomic mass is 16.5. The average Bonchev–Trinajstić information content (AvgIpc) is 2.61. The molecule has 0 N–H and O–H groups in total. The molecule has 23 heavy (non-hydrogen) atoms. The van der Waals surface area contributed by atoms with Gasteiger partial charge in [0.1, 0.15) is 0 Å². The highest BCUT2D eigenvalue weighted by Crippen LogP contribution is 2.41. The molecule has 0 heterocycles. The first-order valence-electron chi connectivity index (χ1n) is 10.6. The van der Waals surface area contributed by atoms with Crippen molar-refractivity contribution in [1.82, 2.24) is 0 Å². The predicted molar refractivity (Wildman–Crippen MR) is 101 cm³/mol. The molecule has 0 aliphatic heterocycles. The SMILES string of the molecule is C=CCCC1CCC(C2CCC(OCCCCCC)CC2)CC1. The topological polar surface area (TPSA) is 9.23 Å². The molecule has 1 nitrogen and oxygen atoms in total. The van der Waals surface area contributed by atoms with Crippen LogP contribution in [0.3, 0.4) is 0 Å². The Bertz CT molecular complexity index is 295. The maximum atomic E-state index is 6.12. The van der Waals surface area contributed by atoms with E-state index in [1.165, 1.54) is 89.9 Å². The molecule has 2 aliphatic carbocycles. The van der Waals surface area contributed by atoms with Crippen molar-refractivity contribution in [2.24, 2.45) is 17.8 Å². The summed E-state index contributed by atoms with van der Waals surface area (Å²) in [5.41, 5.74) is 0. The van der Waals surface area contributed by atoms with E-state index in [-0.39, 0.29) is 0 Å². The van der Waals surface area contributed by atoms with Crippen LogP contribution in [0, 0.1) is 17.8 Å². The minimum atomic E-state index is 0.580. The van der Waals surface area contributed by atoms with Crippen LogP contribution in [0.1, 0.15) is 96.8 Å². The lowest BCUT2D eigenvalue weighted by Gasteiger charge is -2.37. The van der Waals surface area contributed by atoms with E-state index in [9.17, 15) is 0 Å². The van der Waals surface area contributed by atoms with Gasteiger partial charge in [0.05, 0.1) is 6.10 Å². The Balaban J connectivity index is 1.55. The van der Waals surface area contributed by atoms with E-state index >= 15 is 0 Å². The van der Waals surface area contributed by atoms with Gasteiger partial charge in [0.2, 0.25) is 0 Å². The first-order valence-corrected chi connectivity index (χ1v) is 10.6. The van der Waals surface area contributed by atoms with Gasteiger partial charge in [-0.2, -0.15) is 0 Å². The second kappa shape index (κ2) is 11.3. The quantitative estimate of drug-likeness (QED) is 0.314. The van der Waals surface area contributed by atoms with E-state index in [2.05, 4.69) is 19.6 Å². The van der Waals surface area contributed by atoms with E-state index in [0.717, 1.165) is 24.4 Å². The van der Waals surface area contributed by atoms with Gasteiger partial charge in [-0.3, -0.25) is 0 Å². The lowest BCUT2D eigenvalue weighted by molar-refractivity contribution is 0.00534. The molecule has 0 bridgehead atoms. The summed E-state index contributed by atoms with van der Waals surface area (Å²) in [6, 6.07) is 0. The van der Waals surface area contributed by atoms with Crippen LogP contribution in [0.4, 0.5) is 0 Å². The van der Waals surface area contributed by atoms with Gasteiger partial charge in [0, 0.05) is 6.61 Å². The van der Waals surface area contributed by atoms with Crippen LogP contribution in [0.5, 0.6) is 0 Å². The maximum Gasteiger partial charge on any atom is 0.0575 e. The Kier molecular flexibility index (Phi) is 9.34. The van der Waals surface area contributed by atoms with Gasteiger partial charge in [-0.15, -0.1) is 6.58 Å². The van der Waals surface area contributed by atoms with Crippen LogP contribution in [-0.2, 0) is 4.74 Å². The van der Waals surface area contributed by atoms with Crippen molar-refractivity contribution in [2.75, 3.05) is 6.61 Å². The van der Waals surface area contributed by atoms with Crippen LogP contribution < -0.4 is 0 Å². The number of hydrogen-bond donors (Lipinski definition) is 0. The third-order valence-corrected chi connectivity index (χ3v) is 6.41. The molecule has 0 aromatic heterocycles. The smallest absolute Gasteiger partial charge is 0.0575 e. The van der Waals surface area contributed by atoms with Crippen LogP contribution in [0.2, 0.25) is 0 Å². The fraction of sp³-hybridized carbons (Fsp3) is 0.909.